The Morgan fingerprint density at radius 2 is 2.24 bits per heavy atom. The summed E-state index contributed by atoms with van der Waals surface area (Å²) in [6, 6.07) is 5.30. The molecule has 0 fully saturated rings. The Kier molecular flexibility index (Phi) is 6.27. The fourth-order valence-electron chi connectivity index (χ4n) is 1.22. The number of benzene rings is 1. The molecule has 0 saturated heterocycles. The standard InChI is InChI=1S/C13H14ClFO2/c1-16-12-5-6-13(17-9-3-8-15)11(10-12)4-2-7-14/h5-6,10H,3,7-9H2,1H3. The van der Waals surface area contributed by atoms with Gasteiger partial charge in [-0.05, 0) is 18.2 Å². The third-order valence-corrected chi connectivity index (χ3v) is 2.15. The predicted molar refractivity (Wildman–Crippen MR) is 66.7 cm³/mol. The number of methoxy groups -OCH3 is 1. The van der Waals surface area contributed by atoms with Gasteiger partial charge in [-0.3, -0.25) is 4.39 Å². The van der Waals surface area contributed by atoms with Gasteiger partial charge in [0.2, 0.25) is 0 Å². The Labute approximate surface area is 106 Å². The molecule has 0 N–H and O–H groups in total. The van der Waals surface area contributed by atoms with Gasteiger partial charge in [0.05, 0.1) is 31.8 Å². The van der Waals surface area contributed by atoms with Gasteiger partial charge in [-0.1, -0.05) is 11.8 Å². The van der Waals surface area contributed by atoms with Gasteiger partial charge >= 0.3 is 0 Å². The number of ether oxygens (including phenoxy) is 2. The van der Waals surface area contributed by atoms with Gasteiger partial charge in [-0.2, -0.15) is 0 Å². The molecule has 0 amide bonds. The molecular formula is C13H14ClFO2. The number of rotatable bonds is 5. The van der Waals surface area contributed by atoms with Crippen LogP contribution < -0.4 is 9.47 Å². The summed E-state index contributed by atoms with van der Waals surface area (Å²) in [6.45, 7) is -0.0583. The van der Waals surface area contributed by atoms with E-state index in [1.54, 1.807) is 25.3 Å². The first-order valence-electron chi connectivity index (χ1n) is 5.23. The number of halogens is 2. The van der Waals surface area contributed by atoms with Crippen LogP contribution in [-0.2, 0) is 0 Å². The van der Waals surface area contributed by atoms with Crippen molar-refractivity contribution in [3.8, 4) is 23.3 Å². The topological polar surface area (TPSA) is 18.5 Å². The van der Waals surface area contributed by atoms with Crippen molar-refractivity contribution in [3.63, 3.8) is 0 Å². The molecule has 0 bridgehead atoms. The highest BCUT2D eigenvalue weighted by Gasteiger charge is 2.03. The highest BCUT2D eigenvalue weighted by molar-refractivity contribution is 6.19. The molecule has 0 aliphatic heterocycles. The number of alkyl halides is 2. The SMILES string of the molecule is COc1ccc(OCCCF)c(C#CCCl)c1. The van der Waals surface area contributed by atoms with Crippen LogP contribution >= 0.6 is 11.6 Å². The van der Waals surface area contributed by atoms with E-state index in [1.807, 2.05) is 0 Å². The molecule has 0 aliphatic carbocycles. The van der Waals surface area contributed by atoms with E-state index in [2.05, 4.69) is 11.8 Å². The lowest BCUT2D eigenvalue weighted by atomic mass is 10.2. The normalized spacial score (nSPS) is 9.35. The van der Waals surface area contributed by atoms with E-state index >= 15 is 0 Å². The van der Waals surface area contributed by atoms with Crippen molar-refractivity contribution in [2.45, 2.75) is 6.42 Å². The molecule has 92 valence electrons. The van der Waals surface area contributed by atoms with Crippen molar-refractivity contribution in [1.29, 1.82) is 0 Å². The van der Waals surface area contributed by atoms with Crippen molar-refractivity contribution in [2.75, 3.05) is 26.3 Å². The average Bonchev–Trinajstić information content (AvgIpc) is 2.37. The second-order valence-electron chi connectivity index (χ2n) is 3.19. The summed E-state index contributed by atoms with van der Waals surface area (Å²) < 4.78 is 22.5. The van der Waals surface area contributed by atoms with Crippen molar-refractivity contribution >= 4 is 11.6 Å². The predicted octanol–water partition coefficient (Wildman–Crippen LogP) is 3.02. The summed E-state index contributed by atoms with van der Waals surface area (Å²) in [6.07, 6.45) is 0.369. The molecule has 1 aromatic rings. The molecule has 17 heavy (non-hydrogen) atoms. The van der Waals surface area contributed by atoms with Gasteiger partial charge in [0.15, 0.2) is 0 Å². The Hall–Kier alpha value is -1.40. The molecule has 0 aliphatic rings. The fourth-order valence-corrected chi connectivity index (χ4v) is 1.29. The Balaban J connectivity index is 2.86. The molecule has 0 spiro atoms. The molecule has 0 unspecified atom stereocenters. The lowest BCUT2D eigenvalue weighted by molar-refractivity contribution is 0.288. The van der Waals surface area contributed by atoms with Gasteiger partial charge in [0, 0.05) is 6.42 Å². The Morgan fingerprint density at radius 1 is 1.41 bits per heavy atom. The van der Waals surface area contributed by atoms with Crippen LogP contribution in [-0.4, -0.2) is 26.3 Å². The van der Waals surface area contributed by atoms with E-state index in [-0.39, 0.29) is 5.88 Å². The van der Waals surface area contributed by atoms with E-state index in [0.717, 1.165) is 0 Å². The minimum atomic E-state index is -0.390. The molecular weight excluding hydrogens is 243 g/mol. The molecule has 0 saturated carbocycles. The van der Waals surface area contributed by atoms with Crippen molar-refractivity contribution in [3.05, 3.63) is 23.8 Å². The third-order valence-electron chi connectivity index (χ3n) is 2.01. The molecule has 0 radical (unpaired) electrons. The van der Waals surface area contributed by atoms with Gasteiger partial charge in [-0.25, -0.2) is 0 Å². The highest BCUT2D eigenvalue weighted by atomic mass is 35.5. The van der Waals surface area contributed by atoms with Gasteiger partial charge < -0.3 is 9.47 Å². The van der Waals surface area contributed by atoms with E-state index in [1.165, 1.54) is 0 Å². The average molecular weight is 257 g/mol. The zero-order valence-corrected chi connectivity index (χ0v) is 10.4. The van der Waals surface area contributed by atoms with E-state index in [9.17, 15) is 4.39 Å². The monoisotopic (exact) mass is 256 g/mol. The third kappa shape index (κ3) is 4.54. The van der Waals surface area contributed by atoms with Crippen LogP contribution in [0, 0.1) is 11.8 Å². The van der Waals surface area contributed by atoms with Crippen molar-refractivity contribution < 1.29 is 13.9 Å². The zero-order chi connectivity index (χ0) is 12.5. The summed E-state index contributed by atoms with van der Waals surface area (Å²) >= 11 is 5.51. The lowest BCUT2D eigenvalue weighted by Crippen LogP contribution is -2.00. The van der Waals surface area contributed by atoms with Crippen LogP contribution in [0.25, 0.3) is 0 Å². The second kappa shape index (κ2) is 7.81. The number of hydrogen-bond acceptors (Lipinski definition) is 2. The highest BCUT2D eigenvalue weighted by Crippen LogP contribution is 2.23. The fraction of sp³-hybridized carbons (Fsp3) is 0.385. The number of hydrogen-bond donors (Lipinski definition) is 0. The summed E-state index contributed by atoms with van der Waals surface area (Å²) in [5.41, 5.74) is 0.698. The van der Waals surface area contributed by atoms with Gasteiger partial charge in [0.1, 0.15) is 11.5 Å². The lowest BCUT2D eigenvalue weighted by Gasteiger charge is -2.08. The molecule has 0 atom stereocenters. The summed E-state index contributed by atoms with van der Waals surface area (Å²) in [7, 11) is 1.58. The maximum atomic E-state index is 12.0. The van der Waals surface area contributed by atoms with E-state index in [0.29, 0.717) is 30.1 Å². The maximum Gasteiger partial charge on any atom is 0.135 e. The van der Waals surface area contributed by atoms with Crippen molar-refractivity contribution in [1.82, 2.24) is 0 Å². The molecule has 4 heteroatoms. The maximum absolute atomic E-state index is 12.0. The van der Waals surface area contributed by atoms with Crippen LogP contribution in [0.3, 0.4) is 0 Å². The first-order valence-corrected chi connectivity index (χ1v) is 5.77. The second-order valence-corrected chi connectivity index (χ2v) is 3.46. The Morgan fingerprint density at radius 3 is 2.88 bits per heavy atom. The first-order chi connectivity index (χ1) is 8.31. The zero-order valence-electron chi connectivity index (χ0n) is 9.63. The minimum Gasteiger partial charge on any atom is -0.497 e. The van der Waals surface area contributed by atoms with Crippen molar-refractivity contribution in [2.24, 2.45) is 0 Å². The van der Waals surface area contributed by atoms with Crippen LogP contribution in [0.1, 0.15) is 12.0 Å². The molecule has 0 aromatic heterocycles. The summed E-state index contributed by atoms with van der Waals surface area (Å²) in [5.74, 6) is 7.21. The van der Waals surface area contributed by atoms with Crippen LogP contribution in [0.2, 0.25) is 0 Å². The van der Waals surface area contributed by atoms with E-state index < -0.39 is 6.67 Å². The summed E-state index contributed by atoms with van der Waals surface area (Å²) in [5, 5.41) is 0. The van der Waals surface area contributed by atoms with Crippen LogP contribution in [0.5, 0.6) is 11.5 Å². The molecule has 1 aromatic carbocycles. The van der Waals surface area contributed by atoms with Gasteiger partial charge in [-0.15, -0.1) is 11.6 Å². The molecule has 2 nitrogen and oxygen atoms in total. The van der Waals surface area contributed by atoms with Gasteiger partial charge in [0.25, 0.3) is 0 Å². The largest absolute Gasteiger partial charge is 0.497 e. The summed E-state index contributed by atoms with van der Waals surface area (Å²) in [4.78, 5) is 0. The first kappa shape index (κ1) is 13.7. The Bertz CT molecular complexity index is 410. The quantitative estimate of drug-likeness (QED) is 0.458. The minimum absolute atomic E-state index is 0.251. The van der Waals surface area contributed by atoms with E-state index in [4.69, 9.17) is 21.1 Å². The van der Waals surface area contributed by atoms with Crippen LogP contribution in [0.15, 0.2) is 18.2 Å². The molecule has 0 heterocycles. The smallest absolute Gasteiger partial charge is 0.135 e. The van der Waals surface area contributed by atoms with Crippen LogP contribution in [0.4, 0.5) is 4.39 Å². The molecule has 1 rings (SSSR count).